The molecule has 0 aliphatic carbocycles. The summed E-state index contributed by atoms with van der Waals surface area (Å²) in [4.78, 5) is 7.19. The van der Waals surface area contributed by atoms with Crippen LogP contribution in [0, 0.1) is 5.82 Å². The van der Waals surface area contributed by atoms with Crippen molar-refractivity contribution in [2.45, 2.75) is 37.9 Å². The number of aromatic nitrogens is 2. The van der Waals surface area contributed by atoms with Gasteiger partial charge in [-0.3, -0.25) is 4.90 Å². The van der Waals surface area contributed by atoms with E-state index in [4.69, 9.17) is 9.72 Å². The lowest BCUT2D eigenvalue weighted by atomic mass is 10.1. The number of aryl methyl sites for hydroxylation is 1. The van der Waals surface area contributed by atoms with Crippen molar-refractivity contribution in [3.05, 3.63) is 59.7 Å². The summed E-state index contributed by atoms with van der Waals surface area (Å²) in [5, 5.41) is 0. The van der Waals surface area contributed by atoms with Gasteiger partial charge in [0.1, 0.15) is 11.6 Å². The van der Waals surface area contributed by atoms with Crippen LogP contribution in [0.1, 0.15) is 31.3 Å². The zero-order chi connectivity index (χ0) is 22.9. The number of morpholine rings is 1. The van der Waals surface area contributed by atoms with E-state index in [0.29, 0.717) is 38.4 Å². The Morgan fingerprint density at radius 2 is 1.84 bits per heavy atom. The maximum Gasteiger partial charge on any atom is 0.243 e. The molecule has 0 N–H and O–H groups in total. The van der Waals surface area contributed by atoms with Crippen molar-refractivity contribution in [1.82, 2.24) is 18.8 Å². The first-order valence-corrected chi connectivity index (χ1v) is 12.3. The van der Waals surface area contributed by atoms with Gasteiger partial charge in [0, 0.05) is 25.7 Å². The third-order valence-corrected chi connectivity index (χ3v) is 8.02. The molecule has 7 nitrogen and oxygen atoms in total. The zero-order valence-electron chi connectivity index (χ0n) is 18.7. The van der Waals surface area contributed by atoms with Crippen molar-refractivity contribution in [1.29, 1.82) is 0 Å². The highest BCUT2D eigenvalue weighted by Gasteiger charge is 2.27. The smallest absolute Gasteiger partial charge is 0.243 e. The summed E-state index contributed by atoms with van der Waals surface area (Å²) in [5.41, 5.74) is 2.59. The fraction of sp³-hybridized carbons (Fsp3) is 0.435. The second-order valence-corrected chi connectivity index (χ2v) is 10.0. The largest absolute Gasteiger partial charge is 0.379 e. The monoisotopic (exact) mass is 460 g/mol. The van der Waals surface area contributed by atoms with Gasteiger partial charge in [-0.2, -0.15) is 4.31 Å². The fourth-order valence-electron chi connectivity index (χ4n) is 4.09. The second kappa shape index (κ2) is 9.27. The number of sulfonamides is 1. The van der Waals surface area contributed by atoms with Crippen LogP contribution in [0.25, 0.3) is 11.0 Å². The average molecular weight is 461 g/mol. The molecule has 0 bridgehead atoms. The molecule has 32 heavy (non-hydrogen) atoms. The molecule has 0 amide bonds. The standard InChI is InChI=1S/C23H29FN4O3S/c1-4-28-22-10-9-20(32(29,30)27-11-13-31-14-12-27)15-21(22)25-23(28)16-26(3)17(2)18-5-7-19(24)8-6-18/h5-10,15,17H,4,11-14,16H2,1-3H3. The van der Waals surface area contributed by atoms with Crippen LogP contribution in [0.15, 0.2) is 47.4 Å². The first-order valence-electron chi connectivity index (χ1n) is 10.8. The Hall–Kier alpha value is -2.33. The summed E-state index contributed by atoms with van der Waals surface area (Å²) in [6.45, 7) is 6.96. The van der Waals surface area contributed by atoms with Gasteiger partial charge in [0.15, 0.2) is 0 Å². The molecule has 1 aromatic heterocycles. The van der Waals surface area contributed by atoms with Crippen LogP contribution in [0.3, 0.4) is 0 Å². The van der Waals surface area contributed by atoms with Gasteiger partial charge >= 0.3 is 0 Å². The molecule has 1 aliphatic heterocycles. The molecule has 4 rings (SSSR count). The Morgan fingerprint density at radius 3 is 2.50 bits per heavy atom. The average Bonchev–Trinajstić information content (AvgIpc) is 3.15. The van der Waals surface area contributed by atoms with E-state index in [1.807, 2.05) is 20.0 Å². The number of benzene rings is 2. The minimum absolute atomic E-state index is 0.0676. The molecule has 1 unspecified atom stereocenters. The van der Waals surface area contributed by atoms with Crippen molar-refractivity contribution in [2.75, 3.05) is 33.4 Å². The predicted octanol–water partition coefficient (Wildman–Crippen LogP) is 3.41. The maximum atomic E-state index is 13.3. The Labute approximate surface area is 188 Å². The Kier molecular flexibility index (Phi) is 6.62. The van der Waals surface area contributed by atoms with Crippen molar-refractivity contribution in [3.8, 4) is 0 Å². The lowest BCUT2D eigenvalue weighted by molar-refractivity contribution is 0.0730. The van der Waals surface area contributed by atoms with E-state index in [0.717, 1.165) is 23.4 Å². The van der Waals surface area contributed by atoms with Crippen LogP contribution in [-0.2, 0) is 27.8 Å². The molecule has 1 atom stereocenters. The number of imidazole rings is 1. The van der Waals surface area contributed by atoms with Crippen LogP contribution >= 0.6 is 0 Å². The summed E-state index contributed by atoms with van der Waals surface area (Å²) >= 11 is 0. The van der Waals surface area contributed by atoms with Gasteiger partial charge in [0.2, 0.25) is 10.0 Å². The molecule has 0 spiro atoms. The van der Waals surface area contributed by atoms with Crippen molar-refractivity contribution in [2.24, 2.45) is 0 Å². The summed E-state index contributed by atoms with van der Waals surface area (Å²) in [6.07, 6.45) is 0. The highest BCUT2D eigenvalue weighted by atomic mass is 32.2. The third-order valence-electron chi connectivity index (χ3n) is 6.13. The SMILES string of the molecule is CCn1c(CN(C)C(C)c2ccc(F)cc2)nc2cc(S(=O)(=O)N3CCOCC3)ccc21. The first-order chi connectivity index (χ1) is 15.3. The molecule has 2 aromatic carbocycles. The molecule has 1 aliphatic rings. The molecule has 9 heteroatoms. The van der Waals surface area contributed by atoms with Crippen molar-refractivity contribution < 1.29 is 17.5 Å². The highest BCUT2D eigenvalue weighted by Crippen LogP contribution is 2.26. The van der Waals surface area contributed by atoms with Gasteiger partial charge in [-0.1, -0.05) is 12.1 Å². The Bertz CT molecular complexity index is 1190. The number of fused-ring (bicyclic) bond motifs is 1. The lowest BCUT2D eigenvalue weighted by Crippen LogP contribution is -2.40. The fourth-order valence-corrected chi connectivity index (χ4v) is 5.51. The number of nitrogens with zero attached hydrogens (tertiary/aromatic N) is 4. The molecular weight excluding hydrogens is 431 g/mol. The normalized spacial score (nSPS) is 16.7. The quantitative estimate of drug-likeness (QED) is 0.541. The van der Waals surface area contributed by atoms with Crippen molar-refractivity contribution in [3.63, 3.8) is 0 Å². The van der Waals surface area contributed by atoms with Gasteiger partial charge in [0.05, 0.1) is 35.7 Å². The van der Waals surface area contributed by atoms with E-state index in [1.54, 1.807) is 24.3 Å². The second-order valence-electron chi connectivity index (χ2n) is 8.08. The molecule has 0 radical (unpaired) electrons. The Morgan fingerprint density at radius 1 is 1.16 bits per heavy atom. The van der Waals surface area contributed by atoms with E-state index >= 15 is 0 Å². The molecule has 0 saturated carbocycles. The van der Waals surface area contributed by atoms with Crippen LogP contribution in [0.2, 0.25) is 0 Å². The minimum atomic E-state index is -3.58. The van der Waals surface area contributed by atoms with Gasteiger partial charge < -0.3 is 9.30 Å². The van der Waals surface area contributed by atoms with Crippen LogP contribution < -0.4 is 0 Å². The first kappa shape index (κ1) is 22.8. The molecule has 1 saturated heterocycles. The number of ether oxygens (including phenoxy) is 1. The molecule has 3 aromatic rings. The molecule has 2 heterocycles. The van der Waals surface area contributed by atoms with Crippen LogP contribution in [-0.4, -0.2) is 60.5 Å². The minimum Gasteiger partial charge on any atom is -0.379 e. The summed E-state index contributed by atoms with van der Waals surface area (Å²) < 4.78 is 48.2. The summed E-state index contributed by atoms with van der Waals surface area (Å²) in [5.74, 6) is 0.610. The summed E-state index contributed by atoms with van der Waals surface area (Å²) in [6, 6.07) is 11.8. The van der Waals surface area contributed by atoms with E-state index in [1.165, 1.54) is 16.4 Å². The number of rotatable bonds is 7. The van der Waals surface area contributed by atoms with Gasteiger partial charge in [-0.25, -0.2) is 17.8 Å². The maximum absolute atomic E-state index is 13.3. The molecular formula is C23H29FN4O3S. The number of hydrogen-bond acceptors (Lipinski definition) is 5. The van der Waals surface area contributed by atoms with Crippen LogP contribution in [0.5, 0.6) is 0 Å². The van der Waals surface area contributed by atoms with Gasteiger partial charge in [0.25, 0.3) is 0 Å². The third kappa shape index (κ3) is 4.43. The molecule has 1 fully saturated rings. The Balaban J connectivity index is 1.61. The van der Waals surface area contributed by atoms with Gasteiger partial charge in [-0.15, -0.1) is 0 Å². The molecule has 172 valence electrons. The van der Waals surface area contributed by atoms with Crippen molar-refractivity contribution >= 4 is 21.1 Å². The van der Waals surface area contributed by atoms with E-state index in [2.05, 4.69) is 16.4 Å². The zero-order valence-corrected chi connectivity index (χ0v) is 19.5. The summed E-state index contributed by atoms with van der Waals surface area (Å²) in [7, 11) is -1.58. The lowest BCUT2D eigenvalue weighted by Gasteiger charge is -2.26. The van der Waals surface area contributed by atoms with Crippen LogP contribution in [0.4, 0.5) is 4.39 Å². The topological polar surface area (TPSA) is 67.7 Å². The predicted molar refractivity (Wildman–Crippen MR) is 121 cm³/mol. The van der Waals surface area contributed by atoms with E-state index < -0.39 is 10.0 Å². The number of halogens is 1. The van der Waals surface area contributed by atoms with Gasteiger partial charge in [-0.05, 0) is 56.8 Å². The van der Waals surface area contributed by atoms with E-state index in [9.17, 15) is 12.8 Å². The highest BCUT2D eigenvalue weighted by molar-refractivity contribution is 7.89. The van der Waals surface area contributed by atoms with E-state index in [-0.39, 0.29) is 16.8 Å². The number of hydrogen-bond donors (Lipinski definition) is 0.